The first-order chi connectivity index (χ1) is 14.6. The highest BCUT2D eigenvalue weighted by Crippen LogP contribution is 2.25. The van der Waals surface area contributed by atoms with Crippen LogP contribution in [-0.4, -0.2) is 45.6 Å². The predicted octanol–water partition coefficient (Wildman–Crippen LogP) is 2.95. The molecule has 0 saturated heterocycles. The highest BCUT2D eigenvalue weighted by Gasteiger charge is 2.24. The first-order valence-corrected chi connectivity index (χ1v) is 11.9. The number of rotatable bonds is 8. The lowest BCUT2D eigenvalue weighted by Gasteiger charge is -2.13. The number of sulfone groups is 1. The minimum atomic E-state index is -3.54. The second kappa shape index (κ2) is 9.38. The van der Waals surface area contributed by atoms with E-state index in [0.29, 0.717) is 24.6 Å². The Morgan fingerprint density at radius 1 is 1.06 bits per heavy atom. The molecular weight excluding hydrogens is 414 g/mol. The summed E-state index contributed by atoms with van der Waals surface area (Å²) < 4.78 is 26.3. The quantitative estimate of drug-likeness (QED) is 0.576. The number of benzene rings is 1. The highest BCUT2D eigenvalue weighted by molar-refractivity contribution is 7.92. The van der Waals surface area contributed by atoms with Crippen molar-refractivity contribution >= 4 is 21.6 Å². The average Bonchev–Trinajstić information content (AvgIpc) is 3.13. The molecule has 164 valence electrons. The Hall–Kier alpha value is -3.07. The molecule has 0 saturated carbocycles. The summed E-state index contributed by atoms with van der Waals surface area (Å²) in [4.78, 5) is 20.9. The molecule has 0 aliphatic rings. The molecule has 0 atom stereocenters. The lowest BCUT2D eigenvalue weighted by molar-refractivity contribution is -0.113. The van der Waals surface area contributed by atoms with Gasteiger partial charge in [0.25, 0.3) is 5.95 Å². The Bertz CT molecular complexity index is 1120. The fourth-order valence-corrected chi connectivity index (χ4v) is 4.18. The van der Waals surface area contributed by atoms with Crippen molar-refractivity contribution in [3.8, 4) is 5.95 Å². The SMILES string of the molecule is CC(C)(C)c1cc(NC(=O)CS(=O)(=O)CCCc2ccccc2)n(-c2ncccn2)n1. The number of hydrogen-bond acceptors (Lipinski definition) is 6. The van der Waals surface area contributed by atoms with Gasteiger partial charge in [0.05, 0.1) is 11.4 Å². The number of anilines is 1. The Morgan fingerprint density at radius 3 is 2.39 bits per heavy atom. The Morgan fingerprint density at radius 2 is 1.74 bits per heavy atom. The van der Waals surface area contributed by atoms with Crippen LogP contribution in [0, 0.1) is 0 Å². The maximum absolute atomic E-state index is 12.5. The van der Waals surface area contributed by atoms with Crippen molar-refractivity contribution in [2.45, 2.75) is 39.0 Å². The van der Waals surface area contributed by atoms with E-state index < -0.39 is 21.5 Å². The summed E-state index contributed by atoms with van der Waals surface area (Å²) >= 11 is 0. The van der Waals surface area contributed by atoms with Crippen LogP contribution < -0.4 is 5.32 Å². The molecule has 2 heterocycles. The molecule has 9 heteroatoms. The summed E-state index contributed by atoms with van der Waals surface area (Å²) in [6.45, 7) is 5.98. The van der Waals surface area contributed by atoms with Gasteiger partial charge in [0.2, 0.25) is 5.91 Å². The third-order valence-corrected chi connectivity index (χ3v) is 6.21. The zero-order valence-corrected chi connectivity index (χ0v) is 18.8. The Kier molecular flexibility index (Phi) is 6.84. The van der Waals surface area contributed by atoms with Gasteiger partial charge in [-0.1, -0.05) is 51.1 Å². The maximum atomic E-state index is 12.5. The molecule has 2 aromatic heterocycles. The molecule has 1 amide bonds. The molecule has 31 heavy (non-hydrogen) atoms. The van der Waals surface area contributed by atoms with Crippen LogP contribution >= 0.6 is 0 Å². The molecule has 1 N–H and O–H groups in total. The summed E-state index contributed by atoms with van der Waals surface area (Å²) in [6.07, 6.45) is 4.26. The number of aromatic nitrogens is 4. The number of amides is 1. The van der Waals surface area contributed by atoms with Crippen molar-refractivity contribution in [2.75, 3.05) is 16.8 Å². The van der Waals surface area contributed by atoms with E-state index in [4.69, 9.17) is 0 Å². The maximum Gasteiger partial charge on any atom is 0.252 e. The van der Waals surface area contributed by atoms with Crippen molar-refractivity contribution in [3.05, 3.63) is 66.1 Å². The molecule has 0 aliphatic heterocycles. The minimum Gasteiger partial charge on any atom is -0.310 e. The van der Waals surface area contributed by atoms with E-state index >= 15 is 0 Å². The van der Waals surface area contributed by atoms with Crippen molar-refractivity contribution in [2.24, 2.45) is 0 Å². The van der Waals surface area contributed by atoms with E-state index in [9.17, 15) is 13.2 Å². The zero-order valence-electron chi connectivity index (χ0n) is 17.9. The van der Waals surface area contributed by atoms with E-state index in [-0.39, 0.29) is 11.2 Å². The molecule has 8 nitrogen and oxygen atoms in total. The molecule has 0 unspecified atom stereocenters. The molecule has 3 rings (SSSR count). The number of hydrogen-bond donors (Lipinski definition) is 1. The molecular formula is C22H27N5O3S. The lowest BCUT2D eigenvalue weighted by atomic mass is 9.92. The van der Waals surface area contributed by atoms with E-state index in [1.165, 1.54) is 4.68 Å². The van der Waals surface area contributed by atoms with Gasteiger partial charge in [-0.05, 0) is 24.5 Å². The van der Waals surface area contributed by atoms with Gasteiger partial charge in [-0.3, -0.25) is 4.79 Å². The standard InChI is InChI=1S/C22H27N5O3S/c1-22(2,3)18-15-19(27(26-18)21-23-12-8-13-24-21)25-20(28)16-31(29,30)14-7-11-17-9-5-4-6-10-17/h4-6,8-10,12-13,15H,7,11,14,16H2,1-3H3,(H,25,28). The molecule has 3 aromatic rings. The van der Waals surface area contributed by atoms with Gasteiger partial charge >= 0.3 is 0 Å². The van der Waals surface area contributed by atoms with Crippen LogP contribution in [-0.2, 0) is 26.5 Å². The number of nitrogens with zero attached hydrogens (tertiary/aromatic N) is 4. The predicted molar refractivity (Wildman–Crippen MR) is 120 cm³/mol. The minimum absolute atomic E-state index is 0.0520. The van der Waals surface area contributed by atoms with Crippen LogP contribution in [0.3, 0.4) is 0 Å². The van der Waals surface area contributed by atoms with Crippen LogP contribution in [0.2, 0.25) is 0 Å². The lowest BCUT2D eigenvalue weighted by Crippen LogP contribution is -2.26. The molecule has 0 fully saturated rings. The topological polar surface area (TPSA) is 107 Å². The Labute approximate surface area is 182 Å². The molecule has 0 radical (unpaired) electrons. The van der Waals surface area contributed by atoms with Crippen molar-refractivity contribution < 1.29 is 13.2 Å². The van der Waals surface area contributed by atoms with Crippen LogP contribution in [0.15, 0.2) is 54.9 Å². The smallest absolute Gasteiger partial charge is 0.252 e. The zero-order chi connectivity index (χ0) is 22.5. The van der Waals surface area contributed by atoms with Gasteiger partial charge in [0, 0.05) is 23.9 Å². The largest absolute Gasteiger partial charge is 0.310 e. The van der Waals surface area contributed by atoms with Crippen molar-refractivity contribution in [1.82, 2.24) is 19.7 Å². The third kappa shape index (κ3) is 6.45. The highest BCUT2D eigenvalue weighted by atomic mass is 32.2. The summed E-state index contributed by atoms with van der Waals surface area (Å²) in [7, 11) is -3.54. The normalized spacial score (nSPS) is 12.0. The van der Waals surface area contributed by atoms with Gasteiger partial charge in [-0.25, -0.2) is 18.4 Å². The summed E-state index contributed by atoms with van der Waals surface area (Å²) in [5.41, 5.74) is 1.52. The van der Waals surface area contributed by atoms with Crippen LogP contribution in [0.4, 0.5) is 5.82 Å². The fraction of sp³-hybridized carbons (Fsp3) is 0.364. The summed E-state index contributed by atoms with van der Waals surface area (Å²) in [5.74, 6) is -0.631. The average molecular weight is 442 g/mol. The molecule has 1 aromatic carbocycles. The molecule has 0 bridgehead atoms. The summed E-state index contributed by atoms with van der Waals surface area (Å²) in [6, 6.07) is 13.1. The van der Waals surface area contributed by atoms with Gasteiger partial charge in [0.15, 0.2) is 9.84 Å². The van der Waals surface area contributed by atoms with Gasteiger partial charge in [-0.15, -0.1) is 0 Å². The van der Waals surface area contributed by atoms with Crippen LogP contribution in [0.5, 0.6) is 0 Å². The van der Waals surface area contributed by atoms with E-state index in [0.717, 1.165) is 11.3 Å². The fourth-order valence-electron chi connectivity index (χ4n) is 2.98. The number of carbonyl (C=O) groups excluding carboxylic acids is 1. The number of carbonyl (C=O) groups is 1. The molecule has 0 aliphatic carbocycles. The van der Waals surface area contributed by atoms with Crippen molar-refractivity contribution in [1.29, 1.82) is 0 Å². The van der Waals surface area contributed by atoms with E-state index in [2.05, 4.69) is 20.4 Å². The van der Waals surface area contributed by atoms with Gasteiger partial charge < -0.3 is 5.32 Å². The Balaban J connectivity index is 1.68. The number of nitrogens with one attached hydrogen (secondary N) is 1. The number of aryl methyl sites for hydroxylation is 1. The van der Waals surface area contributed by atoms with E-state index in [1.54, 1.807) is 24.5 Å². The van der Waals surface area contributed by atoms with Crippen molar-refractivity contribution in [3.63, 3.8) is 0 Å². The van der Waals surface area contributed by atoms with E-state index in [1.807, 2.05) is 51.1 Å². The second-order valence-electron chi connectivity index (χ2n) is 8.35. The monoisotopic (exact) mass is 441 g/mol. The van der Waals surface area contributed by atoms with Crippen LogP contribution in [0.25, 0.3) is 5.95 Å². The van der Waals surface area contributed by atoms with Gasteiger partial charge in [0.1, 0.15) is 11.6 Å². The molecule has 0 spiro atoms. The summed E-state index contributed by atoms with van der Waals surface area (Å²) in [5, 5.41) is 7.18. The first kappa shape index (κ1) is 22.6. The van der Waals surface area contributed by atoms with Crippen LogP contribution in [0.1, 0.15) is 38.4 Å². The third-order valence-electron chi connectivity index (χ3n) is 4.60. The first-order valence-electron chi connectivity index (χ1n) is 10.1. The van der Waals surface area contributed by atoms with Gasteiger partial charge in [-0.2, -0.15) is 9.78 Å². The second-order valence-corrected chi connectivity index (χ2v) is 10.5.